The van der Waals surface area contributed by atoms with E-state index in [-0.39, 0.29) is 4.90 Å². The van der Waals surface area contributed by atoms with Gasteiger partial charge in [0, 0.05) is 0 Å². The van der Waals surface area contributed by atoms with Gasteiger partial charge in [-0.1, -0.05) is 19.3 Å². The highest BCUT2D eigenvalue weighted by atomic mass is 32.2. The number of sulfonamides is 1. The van der Waals surface area contributed by atoms with Crippen LogP contribution in [0.1, 0.15) is 32.1 Å². The van der Waals surface area contributed by atoms with Crippen molar-refractivity contribution in [2.45, 2.75) is 37.0 Å². The minimum Gasteiger partial charge on any atom is -0.466 e. The predicted molar refractivity (Wildman–Crippen MR) is 104 cm³/mol. The average molecular weight is 403 g/mol. The van der Waals surface area contributed by atoms with Crippen molar-refractivity contribution in [3.05, 3.63) is 30.6 Å². The van der Waals surface area contributed by atoms with Crippen LogP contribution in [0, 0.1) is 5.92 Å². The van der Waals surface area contributed by atoms with Gasteiger partial charge in [-0.25, -0.2) is 28.8 Å². The molecule has 4 rings (SSSR count). The monoisotopic (exact) mass is 403 g/mol. The molecule has 1 fully saturated rings. The maximum atomic E-state index is 11.4. The fourth-order valence-corrected chi connectivity index (χ4v) is 3.95. The van der Waals surface area contributed by atoms with Crippen molar-refractivity contribution in [1.29, 1.82) is 0 Å². The number of aromatic nitrogens is 4. The molecule has 28 heavy (non-hydrogen) atoms. The first kappa shape index (κ1) is 18.6. The summed E-state index contributed by atoms with van der Waals surface area (Å²) in [6, 6.07) is 6.11. The Hall–Kier alpha value is -2.72. The molecule has 1 aromatic carbocycles. The molecule has 148 valence electrons. The van der Waals surface area contributed by atoms with E-state index in [1.807, 2.05) is 0 Å². The number of benzene rings is 1. The van der Waals surface area contributed by atoms with Crippen molar-refractivity contribution in [2.24, 2.45) is 11.1 Å². The second-order valence-electron chi connectivity index (χ2n) is 7.03. The van der Waals surface area contributed by atoms with Gasteiger partial charge in [0.25, 0.3) is 11.5 Å². The molecule has 0 aliphatic heterocycles. The van der Waals surface area contributed by atoms with Crippen LogP contribution in [0.5, 0.6) is 5.88 Å². The van der Waals surface area contributed by atoms with E-state index < -0.39 is 10.0 Å². The van der Waals surface area contributed by atoms with Crippen LogP contribution in [0.4, 0.5) is 11.6 Å². The molecule has 0 atom stereocenters. The summed E-state index contributed by atoms with van der Waals surface area (Å²) in [5, 5.41) is 8.24. The zero-order valence-corrected chi connectivity index (χ0v) is 16.1. The van der Waals surface area contributed by atoms with Gasteiger partial charge in [0.2, 0.25) is 10.0 Å². The second kappa shape index (κ2) is 7.72. The second-order valence-corrected chi connectivity index (χ2v) is 8.59. The number of anilines is 2. The van der Waals surface area contributed by atoms with Crippen LogP contribution in [0.2, 0.25) is 0 Å². The zero-order chi connectivity index (χ0) is 19.6. The van der Waals surface area contributed by atoms with Crippen molar-refractivity contribution in [1.82, 2.24) is 15.0 Å². The van der Waals surface area contributed by atoms with Gasteiger partial charge in [-0.15, -0.1) is 0 Å². The van der Waals surface area contributed by atoms with E-state index in [0.29, 0.717) is 41.2 Å². The number of primary sulfonamides is 1. The molecule has 1 aliphatic rings. The Balaban J connectivity index is 1.54. The van der Waals surface area contributed by atoms with E-state index >= 15 is 0 Å². The Morgan fingerprint density at radius 3 is 2.68 bits per heavy atom. The summed E-state index contributed by atoms with van der Waals surface area (Å²) < 4.78 is 28.8. The van der Waals surface area contributed by atoms with E-state index in [9.17, 15) is 8.42 Å². The van der Waals surface area contributed by atoms with Gasteiger partial charge in [-0.3, -0.25) is 0 Å². The molecular formula is C18H23N6O3S+. The van der Waals surface area contributed by atoms with Gasteiger partial charge in [0.05, 0.1) is 23.5 Å². The Kier molecular flexibility index (Phi) is 5.14. The summed E-state index contributed by atoms with van der Waals surface area (Å²) in [6.07, 6.45) is 7.78. The SMILES string of the molecule is NS(=O)(=O)c1ccc(Nc2nc3nc[nH]c3c(OCC3CCCCC3)[nH+]2)cc1. The lowest BCUT2D eigenvalue weighted by Crippen LogP contribution is -2.21. The van der Waals surface area contributed by atoms with Crippen LogP contribution >= 0.6 is 0 Å². The molecule has 0 spiro atoms. The molecular weight excluding hydrogens is 380 g/mol. The molecule has 2 aromatic heterocycles. The lowest BCUT2D eigenvalue weighted by Gasteiger charge is -2.21. The maximum absolute atomic E-state index is 11.4. The molecule has 1 aliphatic carbocycles. The lowest BCUT2D eigenvalue weighted by molar-refractivity contribution is -0.380. The highest BCUT2D eigenvalue weighted by molar-refractivity contribution is 7.89. The summed E-state index contributed by atoms with van der Waals surface area (Å²) in [4.78, 5) is 14.9. The Bertz CT molecular complexity index is 1060. The summed E-state index contributed by atoms with van der Waals surface area (Å²) in [5.41, 5.74) is 1.90. The normalized spacial score (nSPS) is 15.6. The summed E-state index contributed by atoms with van der Waals surface area (Å²) in [6.45, 7) is 0.650. The number of H-pyrrole nitrogens is 2. The smallest absolute Gasteiger partial charge is 0.399 e. The first-order valence-corrected chi connectivity index (χ1v) is 10.8. The van der Waals surface area contributed by atoms with Crippen LogP contribution < -0.4 is 20.2 Å². The number of rotatable bonds is 6. The third-order valence-electron chi connectivity index (χ3n) is 4.93. The lowest BCUT2D eigenvalue weighted by atomic mass is 9.90. The number of fused-ring (bicyclic) bond motifs is 1. The van der Waals surface area contributed by atoms with E-state index in [1.54, 1.807) is 18.5 Å². The highest BCUT2D eigenvalue weighted by Gasteiger charge is 2.20. The first-order chi connectivity index (χ1) is 13.5. The first-order valence-electron chi connectivity index (χ1n) is 9.28. The molecule has 5 N–H and O–H groups in total. The summed E-state index contributed by atoms with van der Waals surface area (Å²) in [5.74, 6) is 1.59. The van der Waals surface area contributed by atoms with E-state index in [1.165, 1.54) is 44.2 Å². The molecule has 0 unspecified atom stereocenters. The van der Waals surface area contributed by atoms with Crippen molar-refractivity contribution in [3.63, 3.8) is 0 Å². The van der Waals surface area contributed by atoms with Gasteiger partial charge in [-0.2, -0.15) is 0 Å². The number of ether oxygens (including phenoxy) is 1. The molecule has 0 bridgehead atoms. The number of aromatic amines is 2. The topological polar surface area (TPSA) is 137 Å². The van der Waals surface area contributed by atoms with Gasteiger partial charge >= 0.3 is 5.95 Å². The fraction of sp³-hybridized carbons (Fsp3) is 0.389. The Morgan fingerprint density at radius 1 is 1.21 bits per heavy atom. The van der Waals surface area contributed by atoms with Gasteiger partial charge in [0.1, 0.15) is 0 Å². The molecule has 10 heteroatoms. The van der Waals surface area contributed by atoms with Crippen molar-refractivity contribution in [3.8, 4) is 5.88 Å². The van der Waals surface area contributed by atoms with Crippen LogP contribution in [0.15, 0.2) is 35.5 Å². The molecule has 2 heterocycles. The number of nitrogens with zero attached hydrogens (tertiary/aromatic N) is 2. The number of nitrogens with one attached hydrogen (secondary N) is 3. The third-order valence-corrected chi connectivity index (χ3v) is 5.86. The molecule has 0 radical (unpaired) electrons. The number of hydrogen-bond acceptors (Lipinski definition) is 6. The van der Waals surface area contributed by atoms with Crippen LogP contribution in [0.25, 0.3) is 11.2 Å². The molecule has 0 saturated heterocycles. The number of hydrogen-bond donors (Lipinski definition) is 3. The standard InChI is InChI=1S/C18H22N6O3S/c19-28(25,26)14-8-6-13(7-9-14)22-18-23-16-15(20-11-21-16)17(24-18)27-10-12-4-2-1-3-5-12/h6-9,11-12H,1-5,10H2,(H2,19,25,26)(H2,20,21,22,23,24)/p+1. The van der Waals surface area contributed by atoms with Gasteiger partial charge in [0.15, 0.2) is 5.52 Å². The largest absolute Gasteiger partial charge is 0.466 e. The van der Waals surface area contributed by atoms with E-state index in [2.05, 4.69) is 25.3 Å². The average Bonchev–Trinajstić information content (AvgIpc) is 3.15. The zero-order valence-electron chi connectivity index (χ0n) is 15.3. The third kappa shape index (κ3) is 4.23. The van der Waals surface area contributed by atoms with Crippen molar-refractivity contribution < 1.29 is 18.1 Å². The highest BCUT2D eigenvalue weighted by Crippen LogP contribution is 2.25. The summed E-state index contributed by atoms with van der Waals surface area (Å²) >= 11 is 0. The quantitative estimate of drug-likeness (QED) is 0.576. The molecule has 1 saturated carbocycles. The summed E-state index contributed by atoms with van der Waals surface area (Å²) in [7, 11) is -3.72. The Labute approximate surface area is 162 Å². The minimum absolute atomic E-state index is 0.0502. The van der Waals surface area contributed by atoms with Crippen molar-refractivity contribution >= 4 is 32.8 Å². The van der Waals surface area contributed by atoms with E-state index in [0.717, 1.165) is 0 Å². The fourth-order valence-electron chi connectivity index (χ4n) is 3.43. The molecule has 0 amide bonds. The Morgan fingerprint density at radius 2 is 1.96 bits per heavy atom. The van der Waals surface area contributed by atoms with Gasteiger partial charge < -0.3 is 9.72 Å². The number of nitrogens with two attached hydrogens (primary N) is 1. The number of imidazole rings is 1. The predicted octanol–water partition coefficient (Wildman–Crippen LogP) is 2.12. The molecule has 9 nitrogen and oxygen atoms in total. The van der Waals surface area contributed by atoms with Gasteiger partial charge in [-0.05, 0) is 48.0 Å². The van der Waals surface area contributed by atoms with Crippen molar-refractivity contribution in [2.75, 3.05) is 11.9 Å². The van der Waals surface area contributed by atoms with Crippen LogP contribution in [-0.2, 0) is 10.0 Å². The van der Waals surface area contributed by atoms with Crippen LogP contribution in [-0.4, -0.2) is 30.0 Å². The maximum Gasteiger partial charge on any atom is 0.399 e. The van der Waals surface area contributed by atoms with E-state index in [4.69, 9.17) is 9.88 Å². The van der Waals surface area contributed by atoms with Crippen LogP contribution in [0.3, 0.4) is 0 Å². The minimum atomic E-state index is -3.72. The molecule has 3 aromatic rings.